The van der Waals surface area contributed by atoms with E-state index in [9.17, 15) is 4.79 Å². The fourth-order valence-corrected chi connectivity index (χ4v) is 3.40. The molecule has 1 aliphatic rings. The van der Waals surface area contributed by atoms with Crippen LogP contribution in [0.4, 0.5) is 11.5 Å². The summed E-state index contributed by atoms with van der Waals surface area (Å²) in [6, 6.07) is 17.3. The van der Waals surface area contributed by atoms with Crippen LogP contribution in [0.3, 0.4) is 0 Å². The van der Waals surface area contributed by atoms with E-state index in [0.717, 1.165) is 40.9 Å². The first-order valence-corrected chi connectivity index (χ1v) is 11.1. The van der Waals surface area contributed by atoms with Crippen molar-refractivity contribution in [3.63, 3.8) is 0 Å². The Bertz CT molecular complexity index is 1270. The number of carbonyl (C=O) groups is 1. The highest BCUT2D eigenvalue weighted by molar-refractivity contribution is 6.15. The number of aliphatic imine (C=N–C) groups is 1. The smallest absolute Gasteiger partial charge is 0.228 e. The number of nitrogens with zero attached hydrogens (tertiary/aromatic N) is 3. The van der Waals surface area contributed by atoms with Crippen molar-refractivity contribution in [1.82, 2.24) is 9.97 Å². The van der Waals surface area contributed by atoms with Crippen molar-refractivity contribution in [1.29, 1.82) is 0 Å². The van der Waals surface area contributed by atoms with Gasteiger partial charge >= 0.3 is 0 Å². The molecule has 1 aromatic heterocycles. The first-order valence-electron chi connectivity index (χ1n) is 11.1. The average Bonchev–Trinajstić information content (AvgIpc) is 3.67. The Hall–Kier alpha value is -4.32. The zero-order valence-electron chi connectivity index (χ0n) is 19.1. The molecule has 4 rings (SSSR count). The van der Waals surface area contributed by atoms with Gasteiger partial charge in [-0.25, -0.2) is 15.0 Å². The van der Waals surface area contributed by atoms with Crippen molar-refractivity contribution in [2.24, 2.45) is 10.9 Å². The largest absolute Gasteiger partial charge is 0.439 e. The van der Waals surface area contributed by atoms with Gasteiger partial charge in [-0.15, -0.1) is 0 Å². The van der Waals surface area contributed by atoms with Gasteiger partial charge in [0, 0.05) is 29.2 Å². The van der Waals surface area contributed by atoms with E-state index >= 15 is 0 Å². The summed E-state index contributed by atoms with van der Waals surface area (Å²) in [5, 5.41) is 2.81. The molecule has 2 aromatic carbocycles. The highest BCUT2D eigenvalue weighted by atomic mass is 16.5. The lowest BCUT2D eigenvalue weighted by Gasteiger charge is -2.11. The second-order valence-corrected chi connectivity index (χ2v) is 8.00. The summed E-state index contributed by atoms with van der Waals surface area (Å²) in [4.78, 5) is 25.3. The maximum Gasteiger partial charge on any atom is 0.228 e. The lowest BCUT2D eigenvalue weighted by Crippen LogP contribution is -2.14. The zero-order chi connectivity index (χ0) is 23.9. The number of carbonyl (C=O) groups excluding carboxylic acids is 1. The topological polar surface area (TPSA) is 76.5 Å². The lowest BCUT2D eigenvalue weighted by atomic mass is 10.0. The van der Waals surface area contributed by atoms with Crippen LogP contribution in [-0.4, -0.2) is 21.6 Å². The van der Waals surface area contributed by atoms with Gasteiger partial charge in [-0.05, 0) is 37.5 Å². The molecule has 1 amide bonds. The molecule has 1 heterocycles. The maximum absolute atomic E-state index is 12.0. The number of aryl methyl sites for hydroxylation is 1. The van der Waals surface area contributed by atoms with Crippen LogP contribution in [0.5, 0.6) is 11.6 Å². The third-order valence-corrected chi connectivity index (χ3v) is 5.18. The Morgan fingerprint density at radius 2 is 1.91 bits per heavy atom. The number of nitrogens with one attached hydrogen (secondary N) is 1. The normalized spacial score (nSPS) is 13.8. The summed E-state index contributed by atoms with van der Waals surface area (Å²) >= 11 is 0. The van der Waals surface area contributed by atoms with Crippen molar-refractivity contribution in [2.45, 2.75) is 19.8 Å². The van der Waals surface area contributed by atoms with Crippen LogP contribution < -0.4 is 10.1 Å². The number of hydrogen-bond donors (Lipinski definition) is 1. The minimum absolute atomic E-state index is 0.0177. The lowest BCUT2D eigenvalue weighted by molar-refractivity contribution is -0.117. The molecule has 1 aliphatic carbocycles. The number of allylic oxidation sites excluding steroid dienone is 4. The fourth-order valence-electron chi connectivity index (χ4n) is 3.40. The second kappa shape index (κ2) is 10.5. The first-order chi connectivity index (χ1) is 16.6. The molecule has 0 unspecified atom stereocenters. The van der Waals surface area contributed by atoms with Gasteiger partial charge in [0.15, 0.2) is 0 Å². The van der Waals surface area contributed by atoms with E-state index in [-0.39, 0.29) is 11.8 Å². The monoisotopic (exact) mass is 450 g/mol. The quantitative estimate of drug-likeness (QED) is 0.305. The Morgan fingerprint density at radius 3 is 2.62 bits per heavy atom. The van der Waals surface area contributed by atoms with E-state index in [1.165, 1.54) is 6.33 Å². The van der Waals surface area contributed by atoms with Crippen molar-refractivity contribution >= 4 is 23.1 Å². The SMILES string of the molecule is C=C/C=C(\C=C)C(=Nc1cc(C)cc(Oc2cc(NC(=O)C3CC3)ncn2)c1)c1ccccc1. The number of hydrogen-bond acceptors (Lipinski definition) is 5. The Morgan fingerprint density at radius 1 is 1.12 bits per heavy atom. The molecule has 34 heavy (non-hydrogen) atoms. The van der Waals surface area contributed by atoms with Gasteiger partial charge in [-0.1, -0.05) is 61.7 Å². The summed E-state index contributed by atoms with van der Waals surface area (Å²) < 4.78 is 6.00. The van der Waals surface area contributed by atoms with Crippen molar-refractivity contribution in [3.05, 3.63) is 109 Å². The molecule has 6 heteroatoms. The van der Waals surface area contributed by atoms with Gasteiger partial charge < -0.3 is 10.1 Å². The summed E-state index contributed by atoms with van der Waals surface area (Å²) in [7, 11) is 0. The van der Waals surface area contributed by atoms with Crippen LogP contribution in [0.1, 0.15) is 24.0 Å². The van der Waals surface area contributed by atoms with E-state index in [2.05, 4.69) is 28.4 Å². The number of ether oxygens (including phenoxy) is 1. The predicted octanol–water partition coefficient (Wildman–Crippen LogP) is 6.35. The molecular weight excluding hydrogens is 424 g/mol. The van der Waals surface area contributed by atoms with Crippen LogP contribution in [0, 0.1) is 12.8 Å². The highest BCUT2D eigenvalue weighted by Gasteiger charge is 2.29. The molecular formula is C28H26N4O2. The number of benzene rings is 2. The van der Waals surface area contributed by atoms with Crippen LogP contribution in [0.2, 0.25) is 0 Å². The van der Waals surface area contributed by atoms with Crippen molar-refractivity contribution in [2.75, 3.05) is 5.32 Å². The van der Waals surface area contributed by atoms with Crippen LogP contribution in [0.25, 0.3) is 0 Å². The maximum atomic E-state index is 12.0. The van der Waals surface area contributed by atoms with E-state index < -0.39 is 0 Å². The van der Waals surface area contributed by atoms with Gasteiger partial charge in [-0.3, -0.25) is 4.79 Å². The third-order valence-electron chi connectivity index (χ3n) is 5.18. The Labute approximate surface area is 199 Å². The number of anilines is 1. The average molecular weight is 451 g/mol. The first kappa shape index (κ1) is 22.9. The molecule has 3 aromatic rings. The number of rotatable bonds is 9. The molecule has 0 radical (unpaired) electrons. The minimum atomic E-state index is -0.0177. The number of amides is 1. The third kappa shape index (κ3) is 5.92. The highest BCUT2D eigenvalue weighted by Crippen LogP contribution is 2.31. The van der Waals surface area contributed by atoms with E-state index in [1.807, 2.05) is 61.5 Å². The molecule has 0 bridgehead atoms. The number of aromatic nitrogens is 2. The summed E-state index contributed by atoms with van der Waals surface area (Å²) in [6.45, 7) is 9.72. The minimum Gasteiger partial charge on any atom is -0.439 e. The second-order valence-electron chi connectivity index (χ2n) is 8.00. The van der Waals surface area contributed by atoms with Gasteiger partial charge in [0.25, 0.3) is 0 Å². The Kier molecular flexibility index (Phi) is 7.08. The Balaban J connectivity index is 1.64. The van der Waals surface area contributed by atoms with Crippen molar-refractivity contribution < 1.29 is 9.53 Å². The molecule has 0 spiro atoms. The zero-order valence-corrected chi connectivity index (χ0v) is 19.1. The van der Waals surface area contributed by atoms with Gasteiger partial charge in [0.05, 0.1) is 11.4 Å². The summed E-state index contributed by atoms with van der Waals surface area (Å²) in [6.07, 6.45) is 8.58. The standard InChI is InChI=1S/C28H26N4O2/c1-4-9-20(5-2)27(21-10-7-6-8-11-21)31-23-14-19(3)15-24(16-23)34-26-17-25(29-18-30-26)32-28(33)22-12-13-22/h4-11,14-18,22H,1-2,12-13H2,3H3,(H,29,30,32,33)/b20-9+,31-27?. The van der Waals surface area contributed by atoms with E-state index in [0.29, 0.717) is 17.4 Å². The molecule has 1 saturated carbocycles. The van der Waals surface area contributed by atoms with Crippen molar-refractivity contribution in [3.8, 4) is 11.6 Å². The van der Waals surface area contributed by atoms with E-state index in [1.54, 1.807) is 18.2 Å². The van der Waals surface area contributed by atoms with E-state index in [4.69, 9.17) is 9.73 Å². The van der Waals surface area contributed by atoms with Crippen LogP contribution in [-0.2, 0) is 4.79 Å². The summed E-state index contributed by atoms with van der Waals surface area (Å²) in [5.74, 6) is 1.41. The van der Waals surface area contributed by atoms with Gasteiger partial charge in [0.2, 0.25) is 11.8 Å². The predicted molar refractivity (Wildman–Crippen MR) is 136 cm³/mol. The van der Waals surface area contributed by atoms with Gasteiger partial charge in [0.1, 0.15) is 17.9 Å². The van der Waals surface area contributed by atoms with Gasteiger partial charge in [-0.2, -0.15) is 0 Å². The molecule has 0 atom stereocenters. The molecule has 0 saturated heterocycles. The molecule has 0 aliphatic heterocycles. The van der Waals surface area contributed by atoms with Crippen LogP contribution in [0.15, 0.2) is 103 Å². The molecule has 1 fully saturated rings. The molecule has 6 nitrogen and oxygen atoms in total. The molecule has 170 valence electrons. The van der Waals surface area contributed by atoms with Crippen LogP contribution >= 0.6 is 0 Å². The molecule has 1 N–H and O–H groups in total. The summed E-state index contributed by atoms with van der Waals surface area (Å²) in [5.41, 5.74) is 4.30. The fraction of sp³-hybridized carbons (Fsp3) is 0.143.